The number of hydrogen-bond acceptors (Lipinski definition) is 5. The Morgan fingerprint density at radius 3 is 2.44 bits per heavy atom. The maximum Gasteiger partial charge on any atom is 0.355 e. The number of aromatic carboxylic acids is 1. The third-order valence-corrected chi connectivity index (χ3v) is 3.60. The summed E-state index contributed by atoms with van der Waals surface area (Å²) < 4.78 is 0. The van der Waals surface area contributed by atoms with E-state index in [2.05, 4.69) is 21.7 Å². The zero-order valence-corrected chi connectivity index (χ0v) is 12.3. The molecule has 5 nitrogen and oxygen atoms in total. The molecule has 0 spiro atoms. The summed E-state index contributed by atoms with van der Waals surface area (Å²) in [6.45, 7) is 6.62. The number of hydrogen-bond donors (Lipinski definition) is 1. The number of carbonyl (C=O) groups is 1. The zero-order valence-electron chi connectivity index (χ0n) is 11.4. The summed E-state index contributed by atoms with van der Waals surface area (Å²) in [6, 6.07) is 0. The van der Waals surface area contributed by atoms with Crippen LogP contribution in [0.3, 0.4) is 0 Å². The first kappa shape index (κ1) is 14.9. The van der Waals surface area contributed by atoms with E-state index < -0.39 is 5.97 Å². The molecule has 0 saturated carbocycles. The maximum absolute atomic E-state index is 11.0. The van der Waals surface area contributed by atoms with Gasteiger partial charge < -0.3 is 14.9 Å². The van der Waals surface area contributed by atoms with E-state index in [1.165, 1.54) is 11.3 Å². The summed E-state index contributed by atoms with van der Waals surface area (Å²) in [5.74, 6) is -0.945. The standard InChI is InChI=1S/C12H21N3O2S/c1-5-6-15(8-7-14(3)4)12-13-10(11(16)17)9(2)18-12/h5-8H2,1-4H3,(H,16,17). The van der Waals surface area contributed by atoms with Crippen LogP contribution in [0.5, 0.6) is 0 Å². The summed E-state index contributed by atoms with van der Waals surface area (Å²) in [7, 11) is 4.06. The number of nitrogens with zero attached hydrogens (tertiary/aromatic N) is 3. The number of aryl methyl sites for hydroxylation is 1. The first-order chi connectivity index (χ1) is 8.45. The van der Waals surface area contributed by atoms with Gasteiger partial charge in [-0.05, 0) is 27.4 Å². The van der Waals surface area contributed by atoms with Gasteiger partial charge in [-0.15, -0.1) is 11.3 Å². The molecule has 0 aromatic carbocycles. The van der Waals surface area contributed by atoms with E-state index in [1.54, 1.807) is 6.92 Å². The van der Waals surface area contributed by atoms with E-state index in [0.29, 0.717) is 0 Å². The molecule has 0 aliphatic heterocycles. The van der Waals surface area contributed by atoms with E-state index >= 15 is 0 Å². The molecule has 0 saturated heterocycles. The maximum atomic E-state index is 11.0. The molecule has 18 heavy (non-hydrogen) atoms. The van der Waals surface area contributed by atoms with Gasteiger partial charge in [0.1, 0.15) is 0 Å². The lowest BCUT2D eigenvalue weighted by Crippen LogP contribution is -2.32. The van der Waals surface area contributed by atoms with Crippen LogP contribution in [0.25, 0.3) is 0 Å². The smallest absolute Gasteiger partial charge is 0.355 e. The number of thiazole rings is 1. The minimum absolute atomic E-state index is 0.181. The van der Waals surface area contributed by atoms with E-state index in [1.807, 2.05) is 14.1 Å². The first-order valence-electron chi connectivity index (χ1n) is 6.06. The van der Waals surface area contributed by atoms with Crippen molar-refractivity contribution in [3.63, 3.8) is 0 Å². The van der Waals surface area contributed by atoms with Crippen molar-refractivity contribution in [2.45, 2.75) is 20.3 Å². The van der Waals surface area contributed by atoms with Gasteiger partial charge in [-0.25, -0.2) is 9.78 Å². The Kier molecular flexibility index (Phi) is 5.55. The fourth-order valence-corrected chi connectivity index (χ4v) is 2.56. The van der Waals surface area contributed by atoms with Crippen LogP contribution in [0.15, 0.2) is 0 Å². The van der Waals surface area contributed by atoms with E-state index in [4.69, 9.17) is 5.11 Å². The lowest BCUT2D eigenvalue weighted by Gasteiger charge is -2.23. The monoisotopic (exact) mass is 271 g/mol. The highest BCUT2D eigenvalue weighted by atomic mass is 32.1. The summed E-state index contributed by atoms with van der Waals surface area (Å²) in [6.07, 6.45) is 1.02. The summed E-state index contributed by atoms with van der Waals surface area (Å²) in [5.41, 5.74) is 0.181. The second-order valence-corrected chi connectivity index (χ2v) is 5.68. The van der Waals surface area contributed by atoms with Crippen LogP contribution in [-0.4, -0.2) is 54.7 Å². The molecule has 0 fully saturated rings. The number of rotatable bonds is 7. The Balaban J connectivity index is 2.84. The van der Waals surface area contributed by atoms with Crippen molar-refractivity contribution in [2.24, 2.45) is 0 Å². The molecule has 1 aromatic heterocycles. The van der Waals surface area contributed by atoms with E-state index in [-0.39, 0.29) is 5.69 Å². The molecule has 0 amide bonds. The van der Waals surface area contributed by atoms with Crippen molar-refractivity contribution >= 4 is 22.4 Å². The van der Waals surface area contributed by atoms with Crippen molar-refractivity contribution in [3.05, 3.63) is 10.6 Å². The van der Waals surface area contributed by atoms with Crippen LogP contribution in [0.4, 0.5) is 5.13 Å². The topological polar surface area (TPSA) is 56.7 Å². The van der Waals surface area contributed by atoms with Crippen LogP contribution in [-0.2, 0) is 0 Å². The molecule has 0 aliphatic carbocycles. The zero-order chi connectivity index (χ0) is 13.7. The normalized spacial score (nSPS) is 10.9. The molecule has 1 N–H and O–H groups in total. The van der Waals surface area contributed by atoms with Gasteiger partial charge in [0, 0.05) is 24.5 Å². The van der Waals surface area contributed by atoms with Gasteiger partial charge in [-0.1, -0.05) is 6.92 Å². The molecule has 6 heteroatoms. The predicted molar refractivity (Wildman–Crippen MR) is 74.9 cm³/mol. The fourth-order valence-electron chi connectivity index (χ4n) is 1.61. The van der Waals surface area contributed by atoms with Crippen LogP contribution < -0.4 is 4.90 Å². The molecule has 0 atom stereocenters. The minimum Gasteiger partial charge on any atom is -0.476 e. The van der Waals surface area contributed by atoms with E-state index in [9.17, 15) is 4.79 Å². The third-order valence-electron chi connectivity index (χ3n) is 2.57. The summed E-state index contributed by atoms with van der Waals surface area (Å²) in [4.78, 5) is 20.3. The molecule has 1 rings (SSSR count). The average molecular weight is 271 g/mol. The average Bonchev–Trinajstić information content (AvgIpc) is 2.66. The van der Waals surface area contributed by atoms with Crippen molar-refractivity contribution < 1.29 is 9.90 Å². The van der Waals surface area contributed by atoms with Gasteiger partial charge in [0.2, 0.25) is 0 Å². The molecule has 1 aromatic rings. The Morgan fingerprint density at radius 2 is 2.00 bits per heavy atom. The predicted octanol–water partition coefficient (Wildman–Crippen LogP) is 1.93. The third kappa shape index (κ3) is 3.96. The highest BCUT2D eigenvalue weighted by molar-refractivity contribution is 7.15. The second-order valence-electron chi connectivity index (χ2n) is 4.50. The Bertz CT molecular complexity index is 404. The lowest BCUT2D eigenvalue weighted by atomic mass is 10.4. The molecule has 0 aliphatic rings. The van der Waals surface area contributed by atoms with Gasteiger partial charge in [-0.3, -0.25) is 0 Å². The number of carboxylic acid groups (broad SMARTS) is 1. The molecular weight excluding hydrogens is 250 g/mol. The van der Waals surface area contributed by atoms with Crippen LogP contribution in [0, 0.1) is 6.92 Å². The highest BCUT2D eigenvalue weighted by Crippen LogP contribution is 2.25. The quantitative estimate of drug-likeness (QED) is 0.821. The minimum atomic E-state index is -0.945. The van der Waals surface area contributed by atoms with Crippen LogP contribution >= 0.6 is 11.3 Å². The molecule has 102 valence electrons. The largest absolute Gasteiger partial charge is 0.476 e. The molecule has 1 heterocycles. The van der Waals surface area contributed by atoms with Crippen LogP contribution in [0.2, 0.25) is 0 Å². The summed E-state index contributed by atoms with van der Waals surface area (Å²) in [5, 5.41) is 9.84. The molecular formula is C12H21N3O2S. The lowest BCUT2D eigenvalue weighted by molar-refractivity contribution is 0.0690. The molecule has 0 unspecified atom stereocenters. The van der Waals surface area contributed by atoms with Gasteiger partial charge in [-0.2, -0.15) is 0 Å². The van der Waals surface area contributed by atoms with Crippen molar-refractivity contribution in [3.8, 4) is 0 Å². The number of aromatic nitrogens is 1. The number of anilines is 1. The second kappa shape index (κ2) is 6.70. The van der Waals surface area contributed by atoms with Gasteiger partial charge in [0.25, 0.3) is 0 Å². The SMILES string of the molecule is CCCN(CCN(C)C)c1nc(C(=O)O)c(C)s1. The van der Waals surface area contributed by atoms with E-state index in [0.717, 1.165) is 36.1 Å². The number of likely N-dealkylation sites (N-methyl/N-ethyl adjacent to an activating group) is 1. The fraction of sp³-hybridized carbons (Fsp3) is 0.667. The van der Waals surface area contributed by atoms with Crippen molar-refractivity contribution in [1.82, 2.24) is 9.88 Å². The molecule has 0 bridgehead atoms. The summed E-state index contributed by atoms with van der Waals surface area (Å²) >= 11 is 1.46. The highest BCUT2D eigenvalue weighted by Gasteiger charge is 2.17. The molecule has 0 radical (unpaired) electrons. The van der Waals surface area contributed by atoms with Gasteiger partial charge in [0.05, 0.1) is 0 Å². The Hall–Kier alpha value is -1.14. The Labute approximate surface area is 112 Å². The van der Waals surface area contributed by atoms with Crippen molar-refractivity contribution in [1.29, 1.82) is 0 Å². The van der Waals surface area contributed by atoms with Gasteiger partial charge in [0.15, 0.2) is 10.8 Å². The number of carboxylic acids is 1. The first-order valence-corrected chi connectivity index (χ1v) is 6.87. The van der Waals surface area contributed by atoms with Gasteiger partial charge >= 0.3 is 5.97 Å². The van der Waals surface area contributed by atoms with Crippen LogP contribution in [0.1, 0.15) is 28.7 Å². The Morgan fingerprint density at radius 1 is 1.33 bits per heavy atom. The van der Waals surface area contributed by atoms with Crippen molar-refractivity contribution in [2.75, 3.05) is 38.6 Å².